The fraction of sp³-hybridized carbons (Fsp3) is 0.0952. The zero-order chi connectivity index (χ0) is 21.8. The molecule has 0 radical (unpaired) electrons. The van der Waals surface area contributed by atoms with Crippen LogP contribution in [-0.4, -0.2) is 28.2 Å². The predicted octanol–water partition coefficient (Wildman–Crippen LogP) is 5.19. The SMILES string of the molecule is Cc1ccc(Nc2nc3c(S(=O)(=O)c4ccc(Cl)cc4)nnn3c3ccsc23)cc1C. The molecule has 0 bridgehead atoms. The van der Waals surface area contributed by atoms with Gasteiger partial charge >= 0.3 is 0 Å². The van der Waals surface area contributed by atoms with E-state index in [4.69, 9.17) is 11.6 Å². The number of nitrogens with one attached hydrogen (secondary N) is 1. The van der Waals surface area contributed by atoms with Crippen molar-refractivity contribution in [1.29, 1.82) is 0 Å². The van der Waals surface area contributed by atoms with Crippen molar-refractivity contribution in [2.75, 3.05) is 5.32 Å². The second-order valence-corrected chi connectivity index (χ2v) is 10.3. The number of hydrogen-bond acceptors (Lipinski definition) is 7. The van der Waals surface area contributed by atoms with Crippen LogP contribution >= 0.6 is 22.9 Å². The highest BCUT2D eigenvalue weighted by Gasteiger charge is 2.27. The van der Waals surface area contributed by atoms with Crippen molar-refractivity contribution >= 4 is 60.1 Å². The van der Waals surface area contributed by atoms with Crippen LogP contribution in [-0.2, 0) is 9.84 Å². The molecule has 1 N–H and O–H groups in total. The van der Waals surface area contributed by atoms with Crippen LogP contribution in [0.4, 0.5) is 11.5 Å². The Bertz CT molecular complexity index is 1560. The molecule has 7 nitrogen and oxygen atoms in total. The number of benzene rings is 2. The highest BCUT2D eigenvalue weighted by Crippen LogP contribution is 2.33. The molecule has 2 aromatic carbocycles. The number of aromatic nitrogens is 4. The standard InChI is InChI=1S/C21H16ClN5O2S2/c1-12-3-6-15(11-13(12)2)23-19-18-17(9-10-30-18)27-20(24-19)21(25-26-27)31(28,29)16-7-4-14(22)5-8-16/h3-11H,1-2H3,(H,23,24). The van der Waals surface area contributed by atoms with E-state index in [9.17, 15) is 8.42 Å². The van der Waals surface area contributed by atoms with E-state index < -0.39 is 9.84 Å². The van der Waals surface area contributed by atoms with Crippen molar-refractivity contribution < 1.29 is 8.42 Å². The van der Waals surface area contributed by atoms with Crippen LogP contribution in [0.2, 0.25) is 5.02 Å². The monoisotopic (exact) mass is 469 g/mol. The molecule has 0 atom stereocenters. The summed E-state index contributed by atoms with van der Waals surface area (Å²) >= 11 is 7.40. The molecular formula is C21H16ClN5O2S2. The van der Waals surface area contributed by atoms with Crippen LogP contribution in [0.25, 0.3) is 15.9 Å². The van der Waals surface area contributed by atoms with Gasteiger partial charge in [0.15, 0.2) is 11.5 Å². The number of rotatable bonds is 4. The number of halogens is 1. The molecule has 0 fully saturated rings. The molecule has 0 amide bonds. The number of nitrogens with zero attached hydrogens (tertiary/aromatic N) is 4. The third kappa shape index (κ3) is 3.34. The first kappa shape index (κ1) is 19.9. The maximum Gasteiger partial charge on any atom is 0.229 e. The van der Waals surface area contributed by atoms with E-state index in [0.717, 1.165) is 21.5 Å². The summed E-state index contributed by atoms with van der Waals surface area (Å²) in [5, 5.41) is 13.5. The predicted molar refractivity (Wildman–Crippen MR) is 122 cm³/mol. The molecule has 0 aliphatic rings. The summed E-state index contributed by atoms with van der Waals surface area (Å²) in [6, 6.07) is 13.8. The smallest absolute Gasteiger partial charge is 0.229 e. The molecule has 0 saturated heterocycles. The minimum absolute atomic E-state index is 0.0789. The van der Waals surface area contributed by atoms with Crippen LogP contribution in [0.3, 0.4) is 0 Å². The lowest BCUT2D eigenvalue weighted by Crippen LogP contribution is -2.05. The van der Waals surface area contributed by atoms with Crippen molar-refractivity contribution in [2.24, 2.45) is 0 Å². The Morgan fingerprint density at radius 2 is 1.81 bits per heavy atom. The Balaban J connectivity index is 1.70. The van der Waals surface area contributed by atoms with Crippen LogP contribution < -0.4 is 5.32 Å². The van der Waals surface area contributed by atoms with Gasteiger partial charge in [-0.25, -0.2) is 13.4 Å². The number of fused-ring (bicyclic) bond motifs is 3. The van der Waals surface area contributed by atoms with E-state index in [-0.39, 0.29) is 15.6 Å². The largest absolute Gasteiger partial charge is 0.339 e. The Morgan fingerprint density at radius 3 is 2.55 bits per heavy atom. The summed E-state index contributed by atoms with van der Waals surface area (Å²) in [6.45, 7) is 4.09. The van der Waals surface area contributed by atoms with Gasteiger partial charge in [-0.1, -0.05) is 22.9 Å². The van der Waals surface area contributed by atoms with Gasteiger partial charge in [0, 0.05) is 10.7 Å². The molecule has 5 aromatic rings. The lowest BCUT2D eigenvalue weighted by molar-refractivity contribution is 0.592. The van der Waals surface area contributed by atoms with Crippen molar-refractivity contribution in [2.45, 2.75) is 23.8 Å². The van der Waals surface area contributed by atoms with Gasteiger partial charge in [0.25, 0.3) is 0 Å². The maximum atomic E-state index is 13.2. The van der Waals surface area contributed by atoms with Crippen LogP contribution in [0.5, 0.6) is 0 Å². The molecule has 0 aliphatic heterocycles. The normalized spacial score (nSPS) is 12.0. The van der Waals surface area contributed by atoms with Gasteiger partial charge in [0.1, 0.15) is 0 Å². The molecule has 5 rings (SSSR count). The molecule has 0 spiro atoms. The number of thiophene rings is 1. The number of aryl methyl sites for hydroxylation is 2. The summed E-state index contributed by atoms with van der Waals surface area (Å²) < 4.78 is 28.8. The number of hydrogen-bond donors (Lipinski definition) is 1. The second kappa shape index (κ2) is 7.30. The first-order valence-electron chi connectivity index (χ1n) is 9.32. The summed E-state index contributed by atoms with van der Waals surface area (Å²) in [6.07, 6.45) is 0. The summed E-state index contributed by atoms with van der Waals surface area (Å²) in [5.41, 5.74) is 4.08. The van der Waals surface area contributed by atoms with Crippen molar-refractivity contribution in [3.8, 4) is 0 Å². The summed E-state index contributed by atoms with van der Waals surface area (Å²) in [5.74, 6) is 0.551. The average Bonchev–Trinajstić information content (AvgIpc) is 3.38. The van der Waals surface area contributed by atoms with Crippen LogP contribution in [0.1, 0.15) is 11.1 Å². The van der Waals surface area contributed by atoms with Crippen LogP contribution in [0.15, 0.2) is 63.8 Å². The van der Waals surface area contributed by atoms with E-state index in [1.165, 1.54) is 45.7 Å². The second-order valence-electron chi connectivity index (χ2n) is 7.11. The van der Waals surface area contributed by atoms with Gasteiger partial charge in [-0.3, -0.25) is 0 Å². The lowest BCUT2D eigenvalue weighted by atomic mass is 10.1. The number of anilines is 2. The van der Waals surface area contributed by atoms with Crippen LogP contribution in [0, 0.1) is 13.8 Å². The zero-order valence-corrected chi connectivity index (χ0v) is 18.9. The average molecular weight is 470 g/mol. The summed E-state index contributed by atoms with van der Waals surface area (Å²) in [7, 11) is -3.93. The molecule has 3 heterocycles. The fourth-order valence-corrected chi connectivity index (χ4v) is 5.44. The molecule has 31 heavy (non-hydrogen) atoms. The van der Waals surface area contributed by atoms with Gasteiger partial charge in [-0.15, -0.1) is 16.4 Å². The Morgan fingerprint density at radius 1 is 1.03 bits per heavy atom. The van der Waals surface area contributed by atoms with E-state index in [2.05, 4.69) is 20.6 Å². The quantitative estimate of drug-likeness (QED) is 0.390. The first-order chi connectivity index (χ1) is 14.8. The molecule has 10 heteroatoms. The third-order valence-electron chi connectivity index (χ3n) is 5.07. The topological polar surface area (TPSA) is 89.2 Å². The maximum absolute atomic E-state index is 13.2. The molecule has 3 aromatic heterocycles. The van der Waals surface area contributed by atoms with E-state index in [0.29, 0.717) is 10.8 Å². The third-order valence-corrected chi connectivity index (χ3v) is 7.90. The van der Waals surface area contributed by atoms with Gasteiger partial charge < -0.3 is 5.32 Å². The van der Waals surface area contributed by atoms with Gasteiger partial charge in [-0.05, 0) is 72.8 Å². The Hall–Kier alpha value is -3.01. The lowest BCUT2D eigenvalue weighted by Gasteiger charge is -2.10. The highest BCUT2D eigenvalue weighted by atomic mass is 35.5. The molecular weight excluding hydrogens is 454 g/mol. The van der Waals surface area contributed by atoms with Gasteiger partial charge in [0.05, 0.1) is 15.1 Å². The number of sulfone groups is 1. The highest BCUT2D eigenvalue weighted by molar-refractivity contribution is 7.91. The first-order valence-corrected chi connectivity index (χ1v) is 12.1. The van der Waals surface area contributed by atoms with Crippen molar-refractivity contribution in [1.82, 2.24) is 19.8 Å². The molecule has 0 aliphatic carbocycles. The Labute approximate surface area is 187 Å². The molecule has 0 unspecified atom stereocenters. The Kier molecular flexibility index (Phi) is 4.69. The molecule has 156 valence electrons. The van der Waals surface area contributed by atoms with E-state index in [1.54, 1.807) is 0 Å². The van der Waals surface area contributed by atoms with E-state index >= 15 is 0 Å². The van der Waals surface area contributed by atoms with Crippen molar-refractivity contribution in [3.63, 3.8) is 0 Å². The molecule has 0 saturated carbocycles. The van der Waals surface area contributed by atoms with Crippen molar-refractivity contribution in [3.05, 3.63) is 70.1 Å². The zero-order valence-electron chi connectivity index (χ0n) is 16.5. The van der Waals surface area contributed by atoms with Gasteiger partial charge in [-0.2, -0.15) is 4.52 Å². The summed E-state index contributed by atoms with van der Waals surface area (Å²) in [4.78, 5) is 4.70. The van der Waals surface area contributed by atoms with Gasteiger partial charge in [0.2, 0.25) is 14.9 Å². The minimum Gasteiger partial charge on any atom is -0.339 e. The minimum atomic E-state index is -3.93. The van der Waals surface area contributed by atoms with E-state index in [1.807, 2.05) is 43.5 Å². The fourth-order valence-electron chi connectivity index (χ4n) is 3.26.